The highest BCUT2D eigenvalue weighted by Gasteiger charge is 2.42. The summed E-state index contributed by atoms with van der Waals surface area (Å²) in [5.74, 6) is 0.600. The Kier molecular flexibility index (Phi) is 3.55. The highest BCUT2D eigenvalue weighted by Crippen LogP contribution is 2.49. The molecule has 2 nitrogen and oxygen atoms in total. The van der Waals surface area contributed by atoms with E-state index in [1.807, 2.05) is 12.1 Å². The number of halogens is 2. The second kappa shape index (κ2) is 5.66. The Morgan fingerprint density at radius 1 is 1.17 bits per heavy atom. The molecule has 0 amide bonds. The zero-order valence-corrected chi connectivity index (χ0v) is 15.0. The fourth-order valence-corrected chi connectivity index (χ4v) is 5.25. The van der Waals surface area contributed by atoms with Crippen LogP contribution < -0.4 is 10.2 Å². The fraction of sp³-hybridized carbons (Fsp3) is 0.400. The van der Waals surface area contributed by atoms with Crippen molar-refractivity contribution < 1.29 is 0 Å². The standard InChI is InChI=1S/C20H20Cl2N2/c21-17-5-1-4-14(19(17)22)13-9-12-3-2-8-24-18-6-7-23-11-16(18)15(10-13)20(12)24/h1,4-5,9-10,16,18,23H,2-3,6-8,11H2. The monoisotopic (exact) mass is 358 g/mol. The Morgan fingerprint density at radius 3 is 3.00 bits per heavy atom. The van der Waals surface area contributed by atoms with Crippen LogP contribution in [0, 0.1) is 0 Å². The minimum atomic E-state index is 0.600. The summed E-state index contributed by atoms with van der Waals surface area (Å²) in [6, 6.07) is 11.3. The molecule has 24 heavy (non-hydrogen) atoms. The summed E-state index contributed by atoms with van der Waals surface area (Å²) in [5.41, 5.74) is 6.77. The van der Waals surface area contributed by atoms with Gasteiger partial charge in [-0.05, 0) is 60.7 Å². The van der Waals surface area contributed by atoms with Gasteiger partial charge >= 0.3 is 0 Å². The van der Waals surface area contributed by atoms with Crippen molar-refractivity contribution in [2.75, 3.05) is 24.5 Å². The lowest BCUT2D eigenvalue weighted by atomic mass is 9.87. The van der Waals surface area contributed by atoms with Crippen LogP contribution in [0.25, 0.3) is 11.1 Å². The van der Waals surface area contributed by atoms with Crippen LogP contribution in [-0.2, 0) is 6.42 Å². The van der Waals surface area contributed by atoms with E-state index < -0.39 is 0 Å². The first kappa shape index (κ1) is 15.1. The first-order valence-electron chi connectivity index (χ1n) is 8.82. The zero-order valence-electron chi connectivity index (χ0n) is 13.5. The number of hydrogen-bond acceptors (Lipinski definition) is 2. The van der Waals surface area contributed by atoms with E-state index in [1.54, 1.807) is 0 Å². The first-order chi connectivity index (χ1) is 11.7. The average molecular weight is 359 g/mol. The van der Waals surface area contributed by atoms with E-state index in [0.717, 1.165) is 25.1 Å². The molecule has 0 saturated carbocycles. The van der Waals surface area contributed by atoms with Crippen LogP contribution in [0.5, 0.6) is 0 Å². The minimum absolute atomic E-state index is 0.600. The molecule has 0 radical (unpaired) electrons. The maximum absolute atomic E-state index is 6.50. The number of aryl methyl sites for hydroxylation is 1. The van der Waals surface area contributed by atoms with Gasteiger partial charge in [-0.1, -0.05) is 35.3 Å². The van der Waals surface area contributed by atoms with Gasteiger partial charge < -0.3 is 10.2 Å². The molecule has 2 aromatic rings. The minimum Gasteiger partial charge on any atom is -0.367 e. The van der Waals surface area contributed by atoms with Gasteiger partial charge in [0.1, 0.15) is 0 Å². The molecule has 3 heterocycles. The van der Waals surface area contributed by atoms with Crippen LogP contribution in [0.4, 0.5) is 5.69 Å². The van der Waals surface area contributed by atoms with Gasteiger partial charge in [-0.15, -0.1) is 0 Å². The van der Waals surface area contributed by atoms with Crippen molar-refractivity contribution in [1.82, 2.24) is 5.32 Å². The van der Waals surface area contributed by atoms with Crippen molar-refractivity contribution in [3.05, 3.63) is 51.5 Å². The van der Waals surface area contributed by atoms with Crippen molar-refractivity contribution in [2.45, 2.75) is 31.2 Å². The van der Waals surface area contributed by atoms with Gasteiger partial charge in [0.05, 0.1) is 10.0 Å². The molecule has 2 unspecified atom stereocenters. The second-order valence-corrected chi connectivity index (χ2v) is 7.92. The molecule has 0 bridgehead atoms. The van der Waals surface area contributed by atoms with Crippen molar-refractivity contribution in [3.8, 4) is 11.1 Å². The lowest BCUT2D eigenvalue weighted by molar-refractivity contribution is 0.400. The molecule has 1 fully saturated rings. The highest BCUT2D eigenvalue weighted by molar-refractivity contribution is 6.43. The molecule has 0 spiro atoms. The molecule has 2 aromatic carbocycles. The Morgan fingerprint density at radius 2 is 2.08 bits per heavy atom. The van der Waals surface area contributed by atoms with Gasteiger partial charge in [-0.2, -0.15) is 0 Å². The zero-order chi connectivity index (χ0) is 16.3. The van der Waals surface area contributed by atoms with Gasteiger partial charge in [-0.3, -0.25) is 0 Å². The van der Waals surface area contributed by atoms with Gasteiger partial charge in [0.2, 0.25) is 0 Å². The van der Waals surface area contributed by atoms with Crippen LogP contribution in [0.15, 0.2) is 30.3 Å². The Bertz CT molecular complexity index is 818. The summed E-state index contributed by atoms with van der Waals surface area (Å²) in [5, 5.41) is 4.88. The molecule has 124 valence electrons. The van der Waals surface area contributed by atoms with E-state index in [9.17, 15) is 0 Å². The van der Waals surface area contributed by atoms with E-state index in [4.69, 9.17) is 23.2 Å². The van der Waals surface area contributed by atoms with Crippen LogP contribution in [0.3, 0.4) is 0 Å². The summed E-state index contributed by atoms with van der Waals surface area (Å²) in [4.78, 5) is 2.68. The van der Waals surface area contributed by atoms with Crippen LogP contribution >= 0.6 is 23.2 Å². The number of fused-ring (bicyclic) bond motifs is 3. The molecule has 3 aliphatic heterocycles. The third-order valence-corrected chi connectivity index (χ3v) is 6.68. The molecular weight excluding hydrogens is 339 g/mol. The van der Waals surface area contributed by atoms with Crippen molar-refractivity contribution in [3.63, 3.8) is 0 Å². The molecular formula is C20H20Cl2N2. The summed E-state index contributed by atoms with van der Waals surface area (Å²) in [7, 11) is 0. The molecule has 3 aliphatic rings. The van der Waals surface area contributed by atoms with Crippen molar-refractivity contribution in [2.24, 2.45) is 0 Å². The number of anilines is 1. The maximum Gasteiger partial charge on any atom is 0.0670 e. The Balaban J connectivity index is 1.70. The fourth-order valence-electron chi connectivity index (χ4n) is 4.84. The summed E-state index contributed by atoms with van der Waals surface area (Å²) in [6.45, 7) is 3.42. The average Bonchev–Trinajstić information content (AvgIpc) is 2.94. The molecule has 1 N–H and O–H groups in total. The molecule has 4 heteroatoms. The maximum atomic E-state index is 6.50. The third-order valence-electron chi connectivity index (χ3n) is 5.86. The predicted molar refractivity (Wildman–Crippen MR) is 102 cm³/mol. The molecule has 0 aliphatic carbocycles. The smallest absolute Gasteiger partial charge is 0.0670 e. The van der Waals surface area contributed by atoms with E-state index in [2.05, 4.69) is 28.4 Å². The summed E-state index contributed by atoms with van der Waals surface area (Å²) < 4.78 is 0. The van der Waals surface area contributed by atoms with Gasteiger partial charge in [0.25, 0.3) is 0 Å². The molecule has 1 saturated heterocycles. The first-order valence-corrected chi connectivity index (χ1v) is 9.58. The largest absolute Gasteiger partial charge is 0.367 e. The van der Waals surface area contributed by atoms with Gasteiger partial charge in [0, 0.05) is 36.3 Å². The van der Waals surface area contributed by atoms with E-state index in [0.29, 0.717) is 22.0 Å². The molecule has 2 atom stereocenters. The topological polar surface area (TPSA) is 15.3 Å². The SMILES string of the molecule is Clc1cccc(-c2cc3c4c(c2)C2CNCCC2N4CCC3)c1Cl. The Labute approximate surface area is 152 Å². The predicted octanol–water partition coefficient (Wildman–Crippen LogP) is 4.87. The lowest BCUT2D eigenvalue weighted by Gasteiger charge is -2.36. The number of nitrogens with zero attached hydrogens (tertiary/aromatic N) is 1. The number of rotatable bonds is 1. The normalized spacial score (nSPS) is 24.7. The van der Waals surface area contributed by atoms with Crippen LogP contribution in [0.1, 0.15) is 29.9 Å². The third kappa shape index (κ3) is 2.13. The van der Waals surface area contributed by atoms with Gasteiger partial charge in [0.15, 0.2) is 0 Å². The van der Waals surface area contributed by atoms with E-state index >= 15 is 0 Å². The van der Waals surface area contributed by atoms with Crippen LogP contribution in [0.2, 0.25) is 10.0 Å². The summed E-state index contributed by atoms with van der Waals surface area (Å²) >= 11 is 12.7. The van der Waals surface area contributed by atoms with E-state index in [-0.39, 0.29) is 0 Å². The summed E-state index contributed by atoms with van der Waals surface area (Å²) in [6.07, 6.45) is 3.65. The highest BCUT2D eigenvalue weighted by atomic mass is 35.5. The number of nitrogens with one attached hydrogen (secondary N) is 1. The van der Waals surface area contributed by atoms with Gasteiger partial charge in [-0.25, -0.2) is 0 Å². The van der Waals surface area contributed by atoms with Crippen molar-refractivity contribution in [1.29, 1.82) is 0 Å². The van der Waals surface area contributed by atoms with Crippen LogP contribution in [-0.4, -0.2) is 25.7 Å². The molecule has 5 rings (SSSR count). The number of benzene rings is 2. The number of piperidine rings is 1. The lowest BCUT2D eigenvalue weighted by Crippen LogP contribution is -2.45. The quantitative estimate of drug-likeness (QED) is 0.781. The van der Waals surface area contributed by atoms with Crippen molar-refractivity contribution >= 4 is 28.9 Å². The van der Waals surface area contributed by atoms with E-state index in [1.165, 1.54) is 41.8 Å². The molecule has 0 aromatic heterocycles. The Hall–Kier alpha value is -1.22. The number of hydrogen-bond donors (Lipinski definition) is 1. The second-order valence-electron chi connectivity index (χ2n) is 7.14.